The van der Waals surface area contributed by atoms with Crippen molar-refractivity contribution in [1.29, 1.82) is 0 Å². The lowest BCUT2D eigenvalue weighted by molar-refractivity contribution is 0.375. The summed E-state index contributed by atoms with van der Waals surface area (Å²) in [6.07, 6.45) is 5.54. The highest BCUT2D eigenvalue weighted by atomic mass is 32.1. The molecule has 0 aliphatic heterocycles. The molecule has 7 heteroatoms. The van der Waals surface area contributed by atoms with Crippen LogP contribution in [0, 0.1) is 0 Å². The van der Waals surface area contributed by atoms with E-state index in [-0.39, 0.29) is 0 Å². The molecule has 0 spiro atoms. The van der Waals surface area contributed by atoms with Crippen molar-refractivity contribution in [2.24, 2.45) is 7.05 Å². The van der Waals surface area contributed by atoms with E-state index in [1.807, 2.05) is 37.0 Å². The maximum absolute atomic E-state index is 11.7. The molecule has 0 bridgehead atoms. The van der Waals surface area contributed by atoms with Crippen molar-refractivity contribution >= 4 is 11.3 Å². The van der Waals surface area contributed by atoms with Crippen molar-refractivity contribution in [2.45, 2.75) is 19.4 Å². The van der Waals surface area contributed by atoms with Crippen molar-refractivity contribution in [2.75, 3.05) is 0 Å². The Morgan fingerprint density at radius 3 is 3.05 bits per heavy atom. The van der Waals surface area contributed by atoms with Gasteiger partial charge in [-0.2, -0.15) is 5.10 Å². The van der Waals surface area contributed by atoms with Gasteiger partial charge in [0.2, 0.25) is 0 Å². The largest absolute Gasteiger partial charge is 0.441 e. The fourth-order valence-corrected chi connectivity index (χ4v) is 2.80. The van der Waals surface area contributed by atoms with E-state index in [1.54, 1.807) is 20.6 Å². The van der Waals surface area contributed by atoms with E-state index in [2.05, 4.69) is 10.3 Å². The highest BCUT2D eigenvalue weighted by Crippen LogP contribution is 2.21. The summed E-state index contributed by atoms with van der Waals surface area (Å²) in [5, 5.41) is 9.94. The zero-order valence-corrected chi connectivity index (χ0v) is 11.8. The average molecular weight is 290 g/mol. The molecule has 3 rings (SSSR count). The molecule has 0 unspecified atom stereocenters. The Bertz CT molecular complexity index is 739. The van der Waals surface area contributed by atoms with Crippen LogP contribution in [0.2, 0.25) is 0 Å². The first-order chi connectivity index (χ1) is 9.74. The number of rotatable bonds is 5. The smallest absolute Gasteiger partial charge is 0.295 e. The summed E-state index contributed by atoms with van der Waals surface area (Å²) >= 11 is 1.54. The summed E-state index contributed by atoms with van der Waals surface area (Å²) in [6.45, 7) is 0.588. The topological polar surface area (TPSA) is 65.8 Å². The SMILES string of the molecule is Cn1cc(CCCn2c(-c3cccs3)noc2=O)cn1. The van der Waals surface area contributed by atoms with Crippen LogP contribution in [0.1, 0.15) is 12.0 Å². The lowest BCUT2D eigenvalue weighted by Gasteiger charge is -2.02. The van der Waals surface area contributed by atoms with E-state index in [1.165, 1.54) is 0 Å². The number of nitrogens with zero attached hydrogens (tertiary/aromatic N) is 4. The molecule has 104 valence electrons. The summed E-state index contributed by atoms with van der Waals surface area (Å²) in [5.41, 5.74) is 1.16. The molecule has 0 N–H and O–H groups in total. The van der Waals surface area contributed by atoms with Gasteiger partial charge in [0.1, 0.15) is 0 Å². The Morgan fingerprint density at radius 1 is 1.45 bits per heavy atom. The van der Waals surface area contributed by atoms with Gasteiger partial charge in [-0.15, -0.1) is 11.3 Å². The van der Waals surface area contributed by atoms with Crippen molar-refractivity contribution in [3.8, 4) is 10.7 Å². The first-order valence-corrected chi connectivity index (χ1v) is 7.20. The van der Waals surface area contributed by atoms with Crippen molar-refractivity contribution < 1.29 is 4.52 Å². The van der Waals surface area contributed by atoms with Gasteiger partial charge in [-0.25, -0.2) is 4.79 Å². The molecule has 0 saturated heterocycles. The van der Waals surface area contributed by atoms with Crippen LogP contribution in [-0.4, -0.2) is 19.5 Å². The maximum Gasteiger partial charge on any atom is 0.441 e. The molecule has 6 nitrogen and oxygen atoms in total. The highest BCUT2D eigenvalue weighted by molar-refractivity contribution is 7.13. The highest BCUT2D eigenvalue weighted by Gasteiger charge is 2.13. The Labute approximate surface area is 119 Å². The quantitative estimate of drug-likeness (QED) is 0.720. The summed E-state index contributed by atoms with van der Waals surface area (Å²) < 4.78 is 8.14. The van der Waals surface area contributed by atoms with Crippen LogP contribution in [0.3, 0.4) is 0 Å². The molecule has 0 atom stereocenters. The fraction of sp³-hybridized carbons (Fsp3) is 0.308. The van der Waals surface area contributed by atoms with E-state index >= 15 is 0 Å². The maximum atomic E-state index is 11.7. The Morgan fingerprint density at radius 2 is 2.35 bits per heavy atom. The van der Waals surface area contributed by atoms with Gasteiger partial charge in [-0.3, -0.25) is 13.8 Å². The van der Waals surface area contributed by atoms with E-state index in [0.717, 1.165) is 23.3 Å². The van der Waals surface area contributed by atoms with Crippen LogP contribution in [0.4, 0.5) is 0 Å². The number of hydrogen-bond acceptors (Lipinski definition) is 5. The first kappa shape index (κ1) is 12.9. The molecule has 3 heterocycles. The van der Waals surface area contributed by atoms with Gasteiger partial charge < -0.3 is 0 Å². The first-order valence-electron chi connectivity index (χ1n) is 6.32. The van der Waals surface area contributed by atoms with Gasteiger partial charge in [0.25, 0.3) is 0 Å². The van der Waals surface area contributed by atoms with Gasteiger partial charge in [0, 0.05) is 19.8 Å². The van der Waals surface area contributed by atoms with Crippen molar-refractivity contribution in [3.63, 3.8) is 0 Å². The second-order valence-corrected chi connectivity index (χ2v) is 5.47. The molecule has 0 saturated carbocycles. The minimum Gasteiger partial charge on any atom is -0.295 e. The van der Waals surface area contributed by atoms with E-state index < -0.39 is 5.76 Å². The minimum atomic E-state index is -0.403. The Kier molecular flexibility index (Phi) is 3.51. The zero-order chi connectivity index (χ0) is 13.9. The molecule has 0 aromatic carbocycles. The Balaban J connectivity index is 1.71. The number of aromatic nitrogens is 4. The molecule has 3 aromatic heterocycles. The van der Waals surface area contributed by atoms with E-state index in [0.29, 0.717) is 12.4 Å². The molecule has 3 aromatic rings. The molecule has 0 aliphatic rings. The second kappa shape index (κ2) is 5.46. The molecule has 0 fully saturated rings. The van der Waals surface area contributed by atoms with Crippen LogP contribution in [-0.2, 0) is 20.0 Å². The standard InChI is InChI=1S/C13H14N4O2S/c1-16-9-10(8-14-16)4-2-6-17-12(15-19-13(17)18)11-5-3-7-20-11/h3,5,7-9H,2,4,6H2,1H3. The third-order valence-electron chi connectivity index (χ3n) is 3.03. The number of thiophene rings is 1. The minimum absolute atomic E-state index is 0.403. The van der Waals surface area contributed by atoms with E-state index in [9.17, 15) is 4.79 Å². The van der Waals surface area contributed by atoms with Gasteiger partial charge in [-0.1, -0.05) is 11.2 Å². The molecule has 0 aliphatic carbocycles. The summed E-state index contributed by atoms with van der Waals surface area (Å²) in [7, 11) is 1.89. The van der Waals surface area contributed by atoms with Crippen LogP contribution in [0.25, 0.3) is 10.7 Å². The van der Waals surface area contributed by atoms with Crippen LogP contribution in [0.15, 0.2) is 39.2 Å². The molecule has 0 amide bonds. The van der Waals surface area contributed by atoms with Crippen LogP contribution < -0.4 is 5.76 Å². The molecule has 20 heavy (non-hydrogen) atoms. The van der Waals surface area contributed by atoms with Crippen molar-refractivity contribution in [3.05, 3.63) is 46.0 Å². The van der Waals surface area contributed by atoms with Crippen LogP contribution >= 0.6 is 11.3 Å². The van der Waals surface area contributed by atoms with Gasteiger partial charge in [-0.05, 0) is 29.9 Å². The molecular weight excluding hydrogens is 276 g/mol. The fourth-order valence-electron chi connectivity index (χ4n) is 2.09. The van der Waals surface area contributed by atoms with Gasteiger partial charge >= 0.3 is 5.76 Å². The van der Waals surface area contributed by atoms with Gasteiger partial charge in [0.05, 0.1) is 11.1 Å². The molecule has 0 radical (unpaired) electrons. The van der Waals surface area contributed by atoms with Crippen molar-refractivity contribution in [1.82, 2.24) is 19.5 Å². The Hall–Kier alpha value is -2.15. The second-order valence-electron chi connectivity index (χ2n) is 4.53. The summed E-state index contributed by atoms with van der Waals surface area (Å²) in [6, 6.07) is 3.86. The third kappa shape index (κ3) is 2.57. The predicted molar refractivity (Wildman–Crippen MR) is 75.6 cm³/mol. The molecular formula is C13H14N4O2S. The van der Waals surface area contributed by atoms with Gasteiger partial charge in [0.15, 0.2) is 5.82 Å². The zero-order valence-electron chi connectivity index (χ0n) is 11.0. The average Bonchev–Trinajstić information content (AvgIpc) is 3.13. The third-order valence-corrected chi connectivity index (χ3v) is 3.90. The lowest BCUT2D eigenvalue weighted by atomic mass is 10.2. The number of hydrogen-bond donors (Lipinski definition) is 0. The lowest BCUT2D eigenvalue weighted by Crippen LogP contribution is -2.15. The monoisotopic (exact) mass is 290 g/mol. The summed E-state index contributed by atoms with van der Waals surface area (Å²) in [5.74, 6) is 0.204. The van der Waals surface area contributed by atoms with E-state index in [4.69, 9.17) is 4.52 Å². The summed E-state index contributed by atoms with van der Waals surface area (Å²) in [4.78, 5) is 12.6. The normalized spacial score (nSPS) is 11.1. The number of aryl methyl sites for hydroxylation is 2. The van der Waals surface area contributed by atoms with Crippen LogP contribution in [0.5, 0.6) is 0 Å². The predicted octanol–water partition coefficient (Wildman–Crippen LogP) is 1.93.